The minimum atomic E-state index is -0.590. The predicted molar refractivity (Wildman–Crippen MR) is 75.4 cm³/mol. The van der Waals surface area contributed by atoms with Crippen molar-refractivity contribution in [3.63, 3.8) is 0 Å². The van der Waals surface area contributed by atoms with E-state index in [9.17, 15) is 5.11 Å². The Kier molecular flexibility index (Phi) is 4.26. The number of hydrogen-bond acceptors (Lipinski definition) is 4. The van der Waals surface area contributed by atoms with Gasteiger partial charge in [-0.1, -0.05) is 0 Å². The second-order valence-corrected chi connectivity index (χ2v) is 7.29. The van der Waals surface area contributed by atoms with E-state index in [4.69, 9.17) is 0 Å². The van der Waals surface area contributed by atoms with Crippen molar-refractivity contribution in [1.29, 1.82) is 0 Å². The summed E-state index contributed by atoms with van der Waals surface area (Å²) in [6.07, 6.45) is 0.815. The summed E-state index contributed by atoms with van der Waals surface area (Å²) in [6.45, 7) is 4.58. The molecule has 1 aliphatic heterocycles. The third-order valence-corrected chi connectivity index (χ3v) is 5.00. The molecule has 2 unspecified atom stereocenters. The molecule has 0 aliphatic carbocycles. The van der Waals surface area contributed by atoms with Gasteiger partial charge in [0.2, 0.25) is 0 Å². The Balaban J connectivity index is 2.01. The fraction of sp³-hybridized carbons (Fsp3) is 0.667. The second kappa shape index (κ2) is 5.36. The zero-order valence-corrected chi connectivity index (χ0v) is 12.6. The molecule has 5 heteroatoms. The summed E-state index contributed by atoms with van der Waals surface area (Å²) >= 11 is 5.18. The number of hydrogen-bond donors (Lipinski definition) is 2. The Hall–Kier alpha value is 0.0600. The van der Waals surface area contributed by atoms with Gasteiger partial charge >= 0.3 is 0 Å². The molecular formula is C12H19BrN2OS. The van der Waals surface area contributed by atoms with E-state index < -0.39 is 5.60 Å². The molecule has 0 spiro atoms. The first-order valence-electron chi connectivity index (χ1n) is 5.85. The standard InChI is InChI=1S/C12H19BrN2OS/c1-12(16)3-4-14-6-10(12)15(2)7-9-5-11(13)17-8-9/h5,8,10,14,16H,3-4,6-7H2,1-2H3. The fourth-order valence-corrected chi connectivity index (χ4v) is 3.62. The molecule has 3 nitrogen and oxygen atoms in total. The average Bonchev–Trinajstić information content (AvgIpc) is 2.63. The second-order valence-electron chi connectivity index (χ2n) is 5.00. The molecule has 1 saturated heterocycles. The molecule has 2 heterocycles. The van der Waals surface area contributed by atoms with Crippen molar-refractivity contribution in [3.05, 3.63) is 20.8 Å². The molecule has 0 bridgehead atoms. The molecule has 2 N–H and O–H groups in total. The third-order valence-electron chi connectivity index (χ3n) is 3.45. The van der Waals surface area contributed by atoms with Crippen LogP contribution >= 0.6 is 27.3 Å². The average molecular weight is 319 g/mol. The van der Waals surface area contributed by atoms with Crippen LogP contribution in [0.25, 0.3) is 0 Å². The molecule has 0 saturated carbocycles. The highest BCUT2D eigenvalue weighted by molar-refractivity contribution is 9.11. The van der Waals surface area contributed by atoms with E-state index in [1.807, 2.05) is 6.92 Å². The first kappa shape index (κ1) is 13.5. The molecule has 1 aliphatic rings. The van der Waals surface area contributed by atoms with Crippen LogP contribution in [-0.4, -0.2) is 41.8 Å². The fourth-order valence-electron chi connectivity index (χ4n) is 2.42. The largest absolute Gasteiger partial charge is 0.388 e. The van der Waals surface area contributed by atoms with Crippen LogP contribution in [0.4, 0.5) is 0 Å². The Bertz CT molecular complexity index is 380. The molecule has 96 valence electrons. The number of likely N-dealkylation sites (N-methyl/N-ethyl adjacent to an activating group) is 1. The van der Waals surface area contributed by atoms with Crippen LogP contribution < -0.4 is 5.32 Å². The Morgan fingerprint density at radius 2 is 2.47 bits per heavy atom. The number of nitrogens with zero attached hydrogens (tertiary/aromatic N) is 1. The van der Waals surface area contributed by atoms with Crippen LogP contribution in [0, 0.1) is 0 Å². The maximum Gasteiger partial charge on any atom is 0.0798 e. The lowest BCUT2D eigenvalue weighted by Gasteiger charge is -2.42. The summed E-state index contributed by atoms with van der Waals surface area (Å²) in [6, 6.07) is 2.32. The first-order chi connectivity index (χ1) is 7.99. The monoisotopic (exact) mass is 318 g/mol. The van der Waals surface area contributed by atoms with Crippen molar-refractivity contribution in [2.75, 3.05) is 20.1 Å². The number of rotatable bonds is 3. The predicted octanol–water partition coefficient (Wildman–Crippen LogP) is 2.06. The minimum absolute atomic E-state index is 0.176. The lowest BCUT2D eigenvalue weighted by atomic mass is 9.88. The summed E-state index contributed by atoms with van der Waals surface area (Å²) in [5.74, 6) is 0. The van der Waals surface area contributed by atoms with E-state index >= 15 is 0 Å². The topological polar surface area (TPSA) is 35.5 Å². The van der Waals surface area contributed by atoms with Crippen molar-refractivity contribution in [2.45, 2.75) is 31.5 Å². The smallest absolute Gasteiger partial charge is 0.0798 e. The zero-order valence-electron chi connectivity index (χ0n) is 10.2. The summed E-state index contributed by atoms with van der Waals surface area (Å²) in [4.78, 5) is 2.24. The number of thiophene rings is 1. The van der Waals surface area contributed by atoms with Gasteiger partial charge in [0.25, 0.3) is 0 Å². The molecule has 1 fully saturated rings. The molecule has 17 heavy (non-hydrogen) atoms. The highest BCUT2D eigenvalue weighted by Crippen LogP contribution is 2.25. The van der Waals surface area contributed by atoms with Gasteiger partial charge in [-0.25, -0.2) is 0 Å². The number of piperidine rings is 1. The Morgan fingerprint density at radius 3 is 3.06 bits per heavy atom. The summed E-state index contributed by atoms with van der Waals surface area (Å²) in [7, 11) is 2.08. The van der Waals surface area contributed by atoms with Crippen LogP contribution in [0.2, 0.25) is 0 Å². The molecule has 0 amide bonds. The van der Waals surface area contributed by atoms with Gasteiger partial charge in [-0.3, -0.25) is 4.90 Å². The van der Waals surface area contributed by atoms with Crippen molar-refractivity contribution in [3.8, 4) is 0 Å². The SMILES string of the molecule is CN(Cc1csc(Br)c1)C1CNCCC1(C)O. The van der Waals surface area contributed by atoms with E-state index in [1.165, 1.54) is 5.56 Å². The Morgan fingerprint density at radius 1 is 1.71 bits per heavy atom. The van der Waals surface area contributed by atoms with Crippen LogP contribution in [-0.2, 0) is 6.54 Å². The van der Waals surface area contributed by atoms with E-state index in [-0.39, 0.29) is 6.04 Å². The van der Waals surface area contributed by atoms with Gasteiger partial charge in [-0.2, -0.15) is 0 Å². The van der Waals surface area contributed by atoms with Crippen molar-refractivity contribution < 1.29 is 5.11 Å². The van der Waals surface area contributed by atoms with Gasteiger partial charge in [0.1, 0.15) is 0 Å². The molecule has 1 aromatic heterocycles. The van der Waals surface area contributed by atoms with E-state index in [2.05, 4.69) is 44.6 Å². The Labute approximate surface area is 115 Å². The first-order valence-corrected chi connectivity index (χ1v) is 7.52. The lowest BCUT2D eigenvalue weighted by Crippen LogP contribution is -2.58. The number of halogens is 1. The van der Waals surface area contributed by atoms with Crippen LogP contribution in [0.15, 0.2) is 15.2 Å². The van der Waals surface area contributed by atoms with Gasteiger partial charge in [0.15, 0.2) is 0 Å². The number of aliphatic hydroxyl groups is 1. The highest BCUT2D eigenvalue weighted by Gasteiger charge is 2.36. The third kappa shape index (κ3) is 3.29. The van der Waals surface area contributed by atoms with Crippen molar-refractivity contribution in [2.24, 2.45) is 0 Å². The lowest BCUT2D eigenvalue weighted by molar-refractivity contribution is -0.0473. The van der Waals surface area contributed by atoms with E-state index in [0.717, 1.165) is 29.8 Å². The molecule has 0 radical (unpaired) electrons. The minimum Gasteiger partial charge on any atom is -0.388 e. The van der Waals surface area contributed by atoms with Crippen molar-refractivity contribution >= 4 is 27.3 Å². The van der Waals surface area contributed by atoms with Crippen LogP contribution in [0.5, 0.6) is 0 Å². The van der Waals surface area contributed by atoms with Gasteiger partial charge in [0, 0.05) is 13.1 Å². The molecule has 1 aromatic rings. The van der Waals surface area contributed by atoms with Crippen LogP contribution in [0.3, 0.4) is 0 Å². The van der Waals surface area contributed by atoms with E-state index in [1.54, 1.807) is 11.3 Å². The molecular weight excluding hydrogens is 300 g/mol. The maximum absolute atomic E-state index is 10.4. The normalized spacial score (nSPS) is 29.8. The van der Waals surface area contributed by atoms with E-state index in [0.29, 0.717) is 0 Å². The zero-order chi connectivity index (χ0) is 12.5. The summed E-state index contributed by atoms with van der Waals surface area (Å²) in [5.41, 5.74) is 0.707. The van der Waals surface area contributed by atoms with Crippen LogP contribution in [0.1, 0.15) is 18.9 Å². The molecule has 0 aromatic carbocycles. The van der Waals surface area contributed by atoms with Gasteiger partial charge in [0.05, 0.1) is 15.4 Å². The van der Waals surface area contributed by atoms with Crippen molar-refractivity contribution in [1.82, 2.24) is 10.2 Å². The number of nitrogens with one attached hydrogen (secondary N) is 1. The highest BCUT2D eigenvalue weighted by atomic mass is 79.9. The quantitative estimate of drug-likeness (QED) is 0.895. The summed E-state index contributed by atoms with van der Waals surface area (Å²) in [5, 5.41) is 15.9. The summed E-state index contributed by atoms with van der Waals surface area (Å²) < 4.78 is 1.16. The van der Waals surface area contributed by atoms with Gasteiger partial charge < -0.3 is 10.4 Å². The molecule has 2 rings (SSSR count). The van der Waals surface area contributed by atoms with Gasteiger partial charge in [-0.15, -0.1) is 11.3 Å². The van der Waals surface area contributed by atoms with Gasteiger partial charge in [-0.05, 0) is 59.9 Å². The maximum atomic E-state index is 10.4. The molecule has 2 atom stereocenters.